The number of carbonyl (C=O) groups excluding carboxylic acids is 2. The van der Waals surface area contributed by atoms with E-state index in [4.69, 9.17) is 17.0 Å². The third kappa shape index (κ3) is 5.57. The van der Waals surface area contributed by atoms with E-state index < -0.39 is 17.8 Å². The lowest BCUT2D eigenvalue weighted by Crippen LogP contribution is -2.54. The van der Waals surface area contributed by atoms with E-state index in [1.807, 2.05) is 31.2 Å². The summed E-state index contributed by atoms with van der Waals surface area (Å²) in [7, 11) is 0. The van der Waals surface area contributed by atoms with Crippen molar-refractivity contribution in [2.24, 2.45) is 0 Å². The van der Waals surface area contributed by atoms with Gasteiger partial charge >= 0.3 is 5.97 Å². The first-order valence-corrected chi connectivity index (χ1v) is 11.9. The van der Waals surface area contributed by atoms with E-state index in [1.54, 1.807) is 18.2 Å². The number of carboxylic acids is 1. The van der Waals surface area contributed by atoms with Crippen LogP contribution in [0.15, 0.2) is 72.3 Å². The number of halogens is 1. The molecule has 176 valence electrons. The SMILES string of the molecule is Cc1cccc(COc2ccc(C=C3C(=O)NC(=S)N(c4cccc(C(=O)O)c4)C3=O)cc2I)c1. The molecule has 3 aromatic carbocycles. The van der Waals surface area contributed by atoms with Gasteiger partial charge in [-0.15, -0.1) is 0 Å². The predicted molar refractivity (Wildman–Crippen MR) is 144 cm³/mol. The van der Waals surface area contributed by atoms with Gasteiger partial charge in [0.15, 0.2) is 5.11 Å². The minimum Gasteiger partial charge on any atom is -0.488 e. The van der Waals surface area contributed by atoms with E-state index >= 15 is 0 Å². The summed E-state index contributed by atoms with van der Waals surface area (Å²) in [5, 5.41) is 11.6. The van der Waals surface area contributed by atoms with Crippen molar-refractivity contribution in [2.75, 3.05) is 4.90 Å². The summed E-state index contributed by atoms with van der Waals surface area (Å²) in [5.74, 6) is -1.72. The van der Waals surface area contributed by atoms with E-state index in [0.29, 0.717) is 17.9 Å². The molecule has 0 unspecified atom stereocenters. The second-order valence-corrected chi connectivity index (χ2v) is 9.33. The number of aryl methyl sites for hydroxylation is 1. The van der Waals surface area contributed by atoms with Gasteiger partial charge in [0.05, 0.1) is 14.8 Å². The first-order valence-electron chi connectivity index (χ1n) is 10.5. The number of aromatic carboxylic acids is 1. The number of benzene rings is 3. The van der Waals surface area contributed by atoms with Gasteiger partial charge in [-0.25, -0.2) is 4.79 Å². The highest BCUT2D eigenvalue weighted by atomic mass is 127. The monoisotopic (exact) mass is 598 g/mol. The zero-order valence-corrected chi connectivity index (χ0v) is 21.4. The Morgan fingerprint density at radius 2 is 1.89 bits per heavy atom. The van der Waals surface area contributed by atoms with Crippen molar-refractivity contribution in [2.45, 2.75) is 13.5 Å². The van der Waals surface area contributed by atoms with Crippen LogP contribution in [-0.2, 0) is 16.2 Å². The van der Waals surface area contributed by atoms with Crippen LogP contribution in [0, 0.1) is 10.5 Å². The van der Waals surface area contributed by atoms with Crippen molar-refractivity contribution >= 4 is 69.5 Å². The van der Waals surface area contributed by atoms with E-state index in [0.717, 1.165) is 19.6 Å². The number of anilines is 1. The maximum absolute atomic E-state index is 13.2. The summed E-state index contributed by atoms with van der Waals surface area (Å²) >= 11 is 7.33. The quantitative estimate of drug-likeness (QED) is 0.185. The second kappa shape index (κ2) is 10.4. The molecule has 1 saturated heterocycles. The fourth-order valence-electron chi connectivity index (χ4n) is 3.52. The molecular weight excluding hydrogens is 579 g/mol. The van der Waals surface area contributed by atoms with E-state index in [2.05, 4.69) is 34.0 Å². The Balaban J connectivity index is 1.58. The lowest BCUT2D eigenvalue weighted by Gasteiger charge is -2.29. The molecule has 0 aliphatic carbocycles. The van der Waals surface area contributed by atoms with E-state index in [-0.39, 0.29) is 21.9 Å². The number of hydrogen-bond donors (Lipinski definition) is 2. The van der Waals surface area contributed by atoms with E-state index in [9.17, 15) is 19.5 Å². The Labute approximate surface area is 220 Å². The standard InChI is InChI=1S/C26H19IN2O5S/c1-15-4-2-5-17(10-15)14-34-22-9-8-16(12-21(22)27)11-20-23(30)28-26(35)29(24(20)31)19-7-3-6-18(13-19)25(32)33/h2-13H,14H2,1H3,(H,32,33)(H,28,30,35). The van der Waals surface area contributed by atoms with Gasteiger partial charge < -0.3 is 9.84 Å². The Kier molecular flexibility index (Phi) is 7.27. The van der Waals surface area contributed by atoms with Crippen LogP contribution in [0.5, 0.6) is 5.75 Å². The molecule has 9 heteroatoms. The van der Waals surface area contributed by atoms with Gasteiger partial charge in [-0.05, 0) is 89.3 Å². The van der Waals surface area contributed by atoms with E-state index in [1.165, 1.54) is 24.3 Å². The molecule has 3 aromatic rings. The van der Waals surface area contributed by atoms with Gasteiger partial charge in [-0.1, -0.05) is 42.0 Å². The van der Waals surface area contributed by atoms with Crippen LogP contribution in [0.1, 0.15) is 27.0 Å². The molecule has 1 aliphatic heterocycles. The second-order valence-electron chi connectivity index (χ2n) is 7.78. The molecule has 2 amide bonds. The summed E-state index contributed by atoms with van der Waals surface area (Å²) in [6.07, 6.45) is 1.47. The molecule has 4 rings (SSSR count). The predicted octanol–water partition coefficient (Wildman–Crippen LogP) is 4.71. The molecule has 1 fully saturated rings. The number of hydrogen-bond acceptors (Lipinski definition) is 5. The fourth-order valence-corrected chi connectivity index (χ4v) is 4.50. The van der Waals surface area contributed by atoms with Crippen LogP contribution in [0.4, 0.5) is 5.69 Å². The largest absolute Gasteiger partial charge is 0.488 e. The van der Waals surface area contributed by atoms with Crippen molar-refractivity contribution in [3.8, 4) is 5.75 Å². The minimum absolute atomic E-state index is 0.00339. The normalized spacial score (nSPS) is 14.7. The highest BCUT2D eigenvalue weighted by Gasteiger charge is 2.34. The third-order valence-electron chi connectivity index (χ3n) is 5.20. The van der Waals surface area contributed by atoms with Gasteiger partial charge in [0.25, 0.3) is 11.8 Å². The van der Waals surface area contributed by atoms with Crippen molar-refractivity contribution < 1.29 is 24.2 Å². The Morgan fingerprint density at radius 3 is 2.60 bits per heavy atom. The molecule has 7 nitrogen and oxygen atoms in total. The van der Waals surface area contributed by atoms with Crippen molar-refractivity contribution in [1.82, 2.24) is 5.32 Å². The molecule has 0 spiro atoms. The fraction of sp³-hybridized carbons (Fsp3) is 0.0769. The van der Waals surface area contributed by atoms with Gasteiger partial charge in [-0.2, -0.15) is 0 Å². The summed E-state index contributed by atoms with van der Waals surface area (Å²) in [5.41, 5.74) is 2.96. The van der Waals surface area contributed by atoms with Gasteiger partial charge in [-0.3, -0.25) is 19.8 Å². The number of nitrogens with one attached hydrogen (secondary N) is 1. The molecule has 35 heavy (non-hydrogen) atoms. The van der Waals surface area contributed by atoms with Crippen LogP contribution in [0.25, 0.3) is 6.08 Å². The molecule has 0 bridgehead atoms. The number of nitrogens with zero attached hydrogens (tertiary/aromatic N) is 1. The molecule has 0 saturated carbocycles. The molecule has 0 radical (unpaired) electrons. The minimum atomic E-state index is -1.14. The Bertz CT molecular complexity index is 1400. The zero-order chi connectivity index (χ0) is 25.1. The van der Waals surface area contributed by atoms with Crippen LogP contribution in [0.2, 0.25) is 0 Å². The average Bonchev–Trinajstić information content (AvgIpc) is 2.81. The molecular formula is C26H19IN2O5S. The van der Waals surface area contributed by atoms with Crippen molar-refractivity contribution in [3.63, 3.8) is 0 Å². The number of ether oxygens (including phenoxy) is 1. The number of thiocarbonyl (C=S) groups is 1. The zero-order valence-electron chi connectivity index (χ0n) is 18.4. The summed E-state index contributed by atoms with van der Waals surface area (Å²) < 4.78 is 6.75. The van der Waals surface area contributed by atoms with Crippen LogP contribution in [0.3, 0.4) is 0 Å². The van der Waals surface area contributed by atoms with Crippen molar-refractivity contribution in [3.05, 3.63) is 98.1 Å². The first kappa shape index (κ1) is 24.6. The van der Waals surface area contributed by atoms with Gasteiger partial charge in [0.2, 0.25) is 0 Å². The third-order valence-corrected chi connectivity index (χ3v) is 6.32. The first-order chi connectivity index (χ1) is 16.7. The van der Waals surface area contributed by atoms with Crippen LogP contribution in [-0.4, -0.2) is 28.0 Å². The maximum Gasteiger partial charge on any atom is 0.335 e. The average molecular weight is 598 g/mol. The molecule has 1 heterocycles. The summed E-state index contributed by atoms with van der Waals surface area (Å²) in [6, 6.07) is 19.2. The molecule has 1 aliphatic rings. The van der Waals surface area contributed by atoms with Crippen LogP contribution < -0.4 is 15.0 Å². The van der Waals surface area contributed by atoms with Gasteiger partial charge in [0, 0.05) is 0 Å². The maximum atomic E-state index is 13.2. The molecule has 0 aromatic heterocycles. The lowest BCUT2D eigenvalue weighted by molar-refractivity contribution is -0.122. The number of rotatable bonds is 6. The Hall–Kier alpha value is -3.57. The molecule has 2 N–H and O–H groups in total. The highest BCUT2D eigenvalue weighted by molar-refractivity contribution is 14.1. The smallest absolute Gasteiger partial charge is 0.335 e. The highest BCUT2D eigenvalue weighted by Crippen LogP contribution is 2.27. The topological polar surface area (TPSA) is 95.9 Å². The van der Waals surface area contributed by atoms with Crippen molar-refractivity contribution in [1.29, 1.82) is 0 Å². The van der Waals surface area contributed by atoms with Crippen LogP contribution >= 0.6 is 34.8 Å². The van der Waals surface area contributed by atoms with Gasteiger partial charge in [0.1, 0.15) is 17.9 Å². The number of carbonyl (C=O) groups is 3. The number of carboxylic acid groups (broad SMARTS) is 1. The molecule has 0 atom stereocenters. The lowest BCUT2D eigenvalue weighted by atomic mass is 10.1. The Morgan fingerprint density at radius 1 is 1.11 bits per heavy atom. The number of amides is 2. The summed E-state index contributed by atoms with van der Waals surface area (Å²) in [4.78, 5) is 38.2. The summed E-state index contributed by atoms with van der Waals surface area (Å²) in [6.45, 7) is 2.44.